The van der Waals surface area contributed by atoms with Crippen molar-refractivity contribution in [2.75, 3.05) is 7.05 Å². The van der Waals surface area contributed by atoms with Crippen LogP contribution in [0.5, 0.6) is 5.75 Å². The Morgan fingerprint density at radius 1 is 1.04 bits per heavy atom. The molecule has 0 amide bonds. The number of nitrogens with zero attached hydrogens (tertiary/aromatic N) is 1. The molecule has 0 aromatic heterocycles. The lowest BCUT2D eigenvalue weighted by Gasteiger charge is -2.41. The number of fused-ring (bicyclic) bond motifs is 2. The fourth-order valence-corrected chi connectivity index (χ4v) is 4.62. The van der Waals surface area contributed by atoms with Gasteiger partial charge in [0.15, 0.2) is 0 Å². The molecule has 3 nitrogen and oxygen atoms in total. The van der Waals surface area contributed by atoms with Crippen molar-refractivity contribution in [2.24, 2.45) is 5.92 Å². The zero-order chi connectivity index (χ0) is 17.4. The normalized spacial score (nSPS) is 27.6. The summed E-state index contributed by atoms with van der Waals surface area (Å²) in [6.07, 6.45) is 3.29. The second-order valence-corrected chi connectivity index (χ2v) is 7.48. The average Bonchev–Trinajstić information content (AvgIpc) is 2.86. The van der Waals surface area contributed by atoms with Gasteiger partial charge in [-0.25, -0.2) is 0 Å². The van der Waals surface area contributed by atoms with E-state index in [2.05, 4.69) is 43.1 Å². The molecule has 2 aliphatic heterocycles. The highest BCUT2D eigenvalue weighted by molar-refractivity contribution is 5.77. The van der Waals surface area contributed by atoms with Crippen molar-refractivity contribution in [3.8, 4) is 5.75 Å². The summed E-state index contributed by atoms with van der Waals surface area (Å²) in [4.78, 5) is 15.5. The Kier molecular flexibility index (Phi) is 5.47. The predicted octanol–water partition coefficient (Wildman–Crippen LogP) is 4.80. The number of hydrogen-bond donors (Lipinski definition) is 0. The van der Waals surface area contributed by atoms with Crippen LogP contribution in [0.1, 0.15) is 43.7 Å². The van der Waals surface area contributed by atoms with Crippen molar-refractivity contribution in [2.45, 2.75) is 51.6 Å². The minimum absolute atomic E-state index is 0. The van der Waals surface area contributed by atoms with Gasteiger partial charge in [-0.1, -0.05) is 55.5 Å². The van der Waals surface area contributed by atoms with Gasteiger partial charge in [-0.15, -0.1) is 0 Å². The number of carbonyl (C=O) groups is 1. The number of aryl methyl sites for hydroxylation is 1. The lowest BCUT2D eigenvalue weighted by Crippen LogP contribution is -2.49. The average molecular weight is 351 g/mol. The molecule has 138 valence electrons. The van der Waals surface area contributed by atoms with E-state index in [1.165, 1.54) is 17.5 Å². The van der Waals surface area contributed by atoms with Crippen LogP contribution < -0.4 is 4.74 Å². The van der Waals surface area contributed by atoms with Crippen molar-refractivity contribution in [1.29, 1.82) is 0 Å². The van der Waals surface area contributed by atoms with Crippen molar-refractivity contribution >= 4 is 5.97 Å². The monoisotopic (exact) mass is 351 g/mol. The molecule has 0 saturated carbocycles. The third-order valence-electron chi connectivity index (χ3n) is 6.01. The number of hydrogen-bond acceptors (Lipinski definition) is 3. The van der Waals surface area contributed by atoms with E-state index in [4.69, 9.17) is 4.74 Å². The second-order valence-electron chi connectivity index (χ2n) is 7.48. The van der Waals surface area contributed by atoms with Crippen molar-refractivity contribution in [3.63, 3.8) is 0 Å². The molecule has 2 aromatic carbocycles. The molecule has 2 saturated heterocycles. The largest absolute Gasteiger partial charge is 0.426 e. The molecule has 2 fully saturated rings. The van der Waals surface area contributed by atoms with Gasteiger partial charge in [0.25, 0.3) is 0 Å². The Labute approximate surface area is 157 Å². The molecule has 0 N–H and O–H groups in total. The summed E-state index contributed by atoms with van der Waals surface area (Å²) < 4.78 is 5.76. The molecule has 4 rings (SSSR count). The molecule has 2 aromatic rings. The maximum absolute atomic E-state index is 13.1. The topological polar surface area (TPSA) is 29.5 Å². The summed E-state index contributed by atoms with van der Waals surface area (Å²) in [5.41, 5.74) is 2.52. The van der Waals surface area contributed by atoms with E-state index < -0.39 is 0 Å². The second kappa shape index (κ2) is 7.63. The summed E-state index contributed by atoms with van der Waals surface area (Å²) >= 11 is 0. The van der Waals surface area contributed by atoms with Crippen LogP contribution in [0.2, 0.25) is 0 Å². The molecule has 0 radical (unpaired) electrons. The van der Waals surface area contributed by atoms with Gasteiger partial charge in [0, 0.05) is 18.0 Å². The number of benzene rings is 2. The zero-order valence-corrected chi connectivity index (χ0v) is 14.9. The molecule has 2 bridgehead atoms. The molecule has 0 aliphatic carbocycles. The third kappa shape index (κ3) is 3.41. The first kappa shape index (κ1) is 18.7. The van der Waals surface area contributed by atoms with Gasteiger partial charge in [-0.3, -0.25) is 9.69 Å². The molecule has 3 heteroatoms. The van der Waals surface area contributed by atoms with E-state index in [1.807, 2.05) is 30.3 Å². The first-order chi connectivity index (χ1) is 12.1. The molecular weight excluding hydrogens is 322 g/mol. The lowest BCUT2D eigenvalue weighted by atomic mass is 9.76. The van der Waals surface area contributed by atoms with Crippen molar-refractivity contribution in [3.05, 3.63) is 65.7 Å². The SMILES string of the molecule is C.Cc1ccc([C@H]2C[C@H]3CCC(C2C(=O)Oc2ccccc2)N3C)cc1. The fraction of sp³-hybridized carbons (Fsp3) is 0.435. The number of esters is 1. The quantitative estimate of drug-likeness (QED) is 0.587. The first-order valence-electron chi connectivity index (χ1n) is 9.19. The highest BCUT2D eigenvalue weighted by atomic mass is 16.5. The number of carbonyl (C=O) groups excluding carboxylic acids is 1. The number of rotatable bonds is 3. The van der Waals surface area contributed by atoms with Crippen LogP contribution in [-0.4, -0.2) is 30.0 Å². The van der Waals surface area contributed by atoms with Gasteiger partial charge in [0.2, 0.25) is 0 Å². The summed E-state index contributed by atoms with van der Waals surface area (Å²) in [7, 11) is 2.16. The molecule has 4 atom stereocenters. The summed E-state index contributed by atoms with van der Waals surface area (Å²) in [6, 6.07) is 19.0. The summed E-state index contributed by atoms with van der Waals surface area (Å²) in [5.74, 6) is 0.684. The highest BCUT2D eigenvalue weighted by Gasteiger charge is 2.49. The maximum atomic E-state index is 13.1. The Morgan fingerprint density at radius 3 is 2.42 bits per heavy atom. The van der Waals surface area contributed by atoms with Gasteiger partial charge in [0.05, 0.1) is 5.92 Å². The minimum atomic E-state index is -0.105. The summed E-state index contributed by atoms with van der Waals surface area (Å²) in [6.45, 7) is 2.10. The third-order valence-corrected chi connectivity index (χ3v) is 6.01. The molecule has 0 spiro atoms. The van der Waals surface area contributed by atoms with Gasteiger partial charge < -0.3 is 4.74 Å². The van der Waals surface area contributed by atoms with E-state index >= 15 is 0 Å². The molecule has 2 aliphatic rings. The molecule has 2 unspecified atom stereocenters. The summed E-state index contributed by atoms with van der Waals surface area (Å²) in [5, 5.41) is 0. The highest BCUT2D eigenvalue weighted by Crippen LogP contribution is 2.46. The number of piperidine rings is 1. The Balaban J connectivity index is 0.00000196. The minimum Gasteiger partial charge on any atom is -0.426 e. The van der Waals surface area contributed by atoms with Crippen LogP contribution in [0.15, 0.2) is 54.6 Å². The van der Waals surface area contributed by atoms with Gasteiger partial charge in [-0.2, -0.15) is 0 Å². The van der Waals surface area contributed by atoms with Crippen LogP contribution in [0.3, 0.4) is 0 Å². The lowest BCUT2D eigenvalue weighted by molar-refractivity contribution is -0.143. The smallest absolute Gasteiger partial charge is 0.316 e. The Morgan fingerprint density at radius 2 is 1.73 bits per heavy atom. The van der Waals surface area contributed by atoms with E-state index in [0.717, 1.165) is 12.8 Å². The van der Waals surface area contributed by atoms with E-state index in [1.54, 1.807) is 0 Å². The standard InChI is InChI=1S/C22H25NO2.CH4/c1-15-8-10-16(11-9-15)19-14-17-12-13-20(23(17)2)21(19)22(24)25-18-6-4-3-5-7-18;/h3-11,17,19-21H,12-14H2,1-2H3;1H4/t17-,19-,20?,21?;/m1./s1. The first-order valence-corrected chi connectivity index (χ1v) is 9.19. The van der Waals surface area contributed by atoms with Crippen molar-refractivity contribution in [1.82, 2.24) is 4.90 Å². The molecule has 26 heavy (non-hydrogen) atoms. The van der Waals surface area contributed by atoms with Crippen LogP contribution in [0, 0.1) is 12.8 Å². The van der Waals surface area contributed by atoms with Gasteiger partial charge >= 0.3 is 5.97 Å². The maximum Gasteiger partial charge on any atom is 0.316 e. The van der Waals surface area contributed by atoms with Crippen LogP contribution >= 0.6 is 0 Å². The van der Waals surface area contributed by atoms with E-state index in [9.17, 15) is 4.79 Å². The fourth-order valence-electron chi connectivity index (χ4n) is 4.62. The van der Waals surface area contributed by atoms with Gasteiger partial charge in [0.1, 0.15) is 5.75 Å². The zero-order valence-electron chi connectivity index (χ0n) is 14.9. The van der Waals surface area contributed by atoms with E-state index in [0.29, 0.717) is 11.8 Å². The number of para-hydroxylation sites is 1. The number of ether oxygens (including phenoxy) is 1. The van der Waals surface area contributed by atoms with Crippen molar-refractivity contribution < 1.29 is 9.53 Å². The van der Waals surface area contributed by atoms with Crippen LogP contribution in [-0.2, 0) is 4.79 Å². The van der Waals surface area contributed by atoms with Crippen LogP contribution in [0.25, 0.3) is 0 Å². The molecular formula is C23H29NO2. The van der Waals surface area contributed by atoms with E-state index in [-0.39, 0.29) is 31.3 Å². The Hall–Kier alpha value is -2.13. The van der Waals surface area contributed by atoms with Crippen LogP contribution in [0.4, 0.5) is 0 Å². The predicted molar refractivity (Wildman–Crippen MR) is 105 cm³/mol. The van der Waals surface area contributed by atoms with Gasteiger partial charge in [-0.05, 0) is 50.9 Å². The Bertz CT molecular complexity index is 741. The molecule has 2 heterocycles.